The number of carboxylic acids is 2. The van der Waals surface area contributed by atoms with E-state index in [0.717, 1.165) is 37.4 Å². The monoisotopic (exact) mass is 630 g/mol. The highest BCUT2D eigenvalue weighted by molar-refractivity contribution is 5.87. The summed E-state index contributed by atoms with van der Waals surface area (Å²) in [6, 6.07) is 25.9. The van der Waals surface area contributed by atoms with Gasteiger partial charge in [0.05, 0.1) is 25.0 Å². The summed E-state index contributed by atoms with van der Waals surface area (Å²) < 4.78 is 11.3. The smallest absolute Gasteiger partial charge is 0.161 e. The van der Waals surface area contributed by atoms with E-state index in [1.807, 2.05) is 6.07 Å². The molecule has 9 nitrogen and oxygen atoms in total. The Morgan fingerprint density at radius 2 is 1.20 bits per heavy atom. The summed E-state index contributed by atoms with van der Waals surface area (Å²) in [7, 11) is 0. The third kappa shape index (κ3) is 12.7. The van der Waals surface area contributed by atoms with E-state index in [2.05, 4.69) is 66.7 Å². The summed E-state index contributed by atoms with van der Waals surface area (Å²) in [5, 5.41) is 20.1. The van der Waals surface area contributed by atoms with E-state index in [1.54, 1.807) is 4.90 Å². The number of para-hydroxylation sites is 1. The molecule has 0 radical (unpaired) electrons. The Bertz CT molecular complexity index is 1350. The number of quaternary nitrogens is 2. The minimum Gasteiger partial charge on any atom is -0.545 e. The van der Waals surface area contributed by atoms with E-state index in [1.165, 1.54) is 79.1 Å². The van der Waals surface area contributed by atoms with Crippen molar-refractivity contribution in [1.82, 2.24) is 0 Å². The Kier molecular flexibility index (Phi) is 14.6. The number of hydrogen-bond donors (Lipinski definition) is 2. The largest absolute Gasteiger partial charge is 0.545 e. The lowest BCUT2D eigenvalue weighted by Crippen LogP contribution is -3.11. The summed E-state index contributed by atoms with van der Waals surface area (Å²) in [4.78, 5) is 26.5. The second kappa shape index (κ2) is 19.4. The number of ether oxygens (including phenoxy) is 2. The molecule has 2 N–H and O–H groups in total. The number of carbonyl (C=O) groups excluding carboxylic acids is 2. The van der Waals surface area contributed by atoms with Crippen LogP contribution in [0, 0.1) is 0 Å². The van der Waals surface area contributed by atoms with Crippen LogP contribution in [-0.4, -0.2) is 51.3 Å². The third-order valence-corrected chi connectivity index (χ3v) is 8.18. The molecular weight excluding hydrogens is 584 g/mol. The molecule has 3 aromatic carbocycles. The standard InChI is InChI=1S/C22H27NO3.C11H15N.C4H4O4/c1-2-12-23(13-3-1)26-17-20-8-5-18(6-9-20)4-7-19-10-11-21-22(16-19)25-15-14-24-21;1-3-7-11(8-4-1)12-9-5-2-6-10-12;5-3(6)1-2-4(7)8/h5-6,8-11,16H,1-4,7,12-15,17H2;1,3-4,7-8H,2,5-6,9-10H2;1-2H,(H,5,6)(H,7,8)/b;;2-1+. The van der Waals surface area contributed by atoms with Crippen LogP contribution in [-0.2, 0) is 33.9 Å². The topological polar surface area (TPSA) is 117 Å². The molecule has 3 aliphatic rings. The number of fused-ring (bicyclic) bond motifs is 1. The fourth-order valence-electron chi connectivity index (χ4n) is 5.69. The average molecular weight is 631 g/mol. The summed E-state index contributed by atoms with van der Waals surface area (Å²) in [6.45, 7) is 6.92. The summed E-state index contributed by atoms with van der Waals surface area (Å²) >= 11 is 0. The van der Waals surface area contributed by atoms with Crippen LogP contribution in [0.5, 0.6) is 11.5 Å². The van der Waals surface area contributed by atoms with Crippen molar-refractivity contribution in [3.05, 3.63) is 102 Å². The maximum Gasteiger partial charge on any atom is 0.161 e. The molecular formula is C37H46N2O7. The Labute approximate surface area is 272 Å². The maximum absolute atomic E-state index is 9.41. The van der Waals surface area contributed by atoms with Crippen molar-refractivity contribution >= 4 is 17.6 Å². The van der Waals surface area contributed by atoms with Gasteiger partial charge in [0.25, 0.3) is 0 Å². The first-order valence-corrected chi connectivity index (χ1v) is 16.4. The fraction of sp³-hybridized carbons (Fsp3) is 0.405. The molecule has 0 amide bonds. The highest BCUT2D eigenvalue weighted by Crippen LogP contribution is 2.31. The zero-order chi connectivity index (χ0) is 32.4. The number of aliphatic carboxylic acids is 2. The minimum atomic E-state index is -1.55. The Balaban J connectivity index is 0.000000198. The predicted molar refractivity (Wildman–Crippen MR) is 170 cm³/mol. The van der Waals surface area contributed by atoms with Gasteiger partial charge in [-0.1, -0.05) is 48.5 Å². The summed E-state index contributed by atoms with van der Waals surface area (Å²) in [6.07, 6.45) is 10.9. The van der Waals surface area contributed by atoms with Gasteiger partial charge in [-0.15, -0.1) is 0 Å². The van der Waals surface area contributed by atoms with Crippen molar-refractivity contribution in [3.8, 4) is 11.5 Å². The number of hydroxylamine groups is 2. The van der Waals surface area contributed by atoms with Crippen LogP contribution in [0.25, 0.3) is 0 Å². The molecule has 3 aliphatic heterocycles. The number of piperidine rings is 2. The van der Waals surface area contributed by atoms with Gasteiger partial charge in [0, 0.05) is 0 Å². The molecule has 0 bridgehead atoms. The zero-order valence-electron chi connectivity index (χ0n) is 26.5. The fourth-order valence-corrected chi connectivity index (χ4v) is 5.69. The number of aryl methyl sites for hydroxylation is 2. The third-order valence-electron chi connectivity index (χ3n) is 8.18. The second-order valence-electron chi connectivity index (χ2n) is 11.7. The minimum absolute atomic E-state index is 0.384. The van der Waals surface area contributed by atoms with Crippen molar-refractivity contribution < 1.29 is 44.1 Å². The molecule has 0 saturated carbocycles. The molecule has 6 rings (SSSR count). The van der Waals surface area contributed by atoms with Gasteiger partial charge < -0.3 is 34.2 Å². The first kappa shape index (κ1) is 34.7. The van der Waals surface area contributed by atoms with Crippen LogP contribution >= 0.6 is 0 Å². The Morgan fingerprint density at radius 1 is 0.652 bits per heavy atom. The molecule has 0 aliphatic carbocycles. The number of rotatable bonds is 9. The number of carboxylic acid groups (broad SMARTS) is 2. The molecule has 2 fully saturated rings. The average Bonchev–Trinajstić information content (AvgIpc) is 3.11. The number of carbonyl (C=O) groups is 2. The van der Waals surface area contributed by atoms with Crippen molar-refractivity contribution in [2.45, 2.75) is 58.0 Å². The molecule has 0 atom stereocenters. The van der Waals surface area contributed by atoms with Crippen LogP contribution in [0.1, 0.15) is 55.2 Å². The SMILES string of the molecule is O=C([O-])/C=C/C(=O)[O-].c1cc(CO[NH+]2CCCCC2)ccc1CCc1ccc2c(c1)OCCO2.c1ccc([NH+]2CCCCC2)cc1. The van der Waals surface area contributed by atoms with E-state index >= 15 is 0 Å². The van der Waals surface area contributed by atoms with Gasteiger partial charge in [-0.05, 0) is 104 Å². The molecule has 0 unspecified atom stereocenters. The van der Waals surface area contributed by atoms with E-state index < -0.39 is 11.9 Å². The van der Waals surface area contributed by atoms with E-state index in [-0.39, 0.29) is 0 Å². The molecule has 46 heavy (non-hydrogen) atoms. The molecule has 2 saturated heterocycles. The number of benzene rings is 3. The lowest BCUT2D eigenvalue weighted by molar-refractivity contribution is -1.10. The number of nitrogens with one attached hydrogen (secondary N) is 2. The lowest BCUT2D eigenvalue weighted by atomic mass is 10.0. The predicted octanol–water partition coefficient (Wildman–Crippen LogP) is 1.17. The van der Waals surface area contributed by atoms with Crippen molar-refractivity contribution in [2.24, 2.45) is 0 Å². The first-order valence-electron chi connectivity index (χ1n) is 16.4. The molecule has 0 spiro atoms. The maximum atomic E-state index is 9.41. The zero-order valence-corrected chi connectivity index (χ0v) is 26.5. The van der Waals surface area contributed by atoms with Gasteiger partial charge in [-0.3, -0.25) is 0 Å². The second-order valence-corrected chi connectivity index (χ2v) is 11.7. The van der Waals surface area contributed by atoms with Gasteiger partial charge in [-0.25, -0.2) is 0 Å². The van der Waals surface area contributed by atoms with Crippen LogP contribution < -0.4 is 29.6 Å². The highest BCUT2D eigenvalue weighted by Gasteiger charge is 2.16. The van der Waals surface area contributed by atoms with E-state index in [4.69, 9.17) is 14.3 Å². The van der Waals surface area contributed by atoms with Gasteiger partial charge in [0.2, 0.25) is 0 Å². The first-order chi connectivity index (χ1) is 22.5. The summed E-state index contributed by atoms with van der Waals surface area (Å²) in [5.74, 6) is -1.36. The molecule has 0 aromatic heterocycles. The lowest BCUT2D eigenvalue weighted by Gasteiger charge is -2.22. The van der Waals surface area contributed by atoms with Gasteiger partial charge in [0.1, 0.15) is 38.6 Å². The van der Waals surface area contributed by atoms with Crippen LogP contribution in [0.3, 0.4) is 0 Å². The van der Waals surface area contributed by atoms with Gasteiger partial charge in [-0.2, -0.15) is 9.90 Å². The van der Waals surface area contributed by atoms with E-state index in [0.29, 0.717) is 32.0 Å². The van der Waals surface area contributed by atoms with Gasteiger partial charge in [0.15, 0.2) is 11.5 Å². The highest BCUT2D eigenvalue weighted by atomic mass is 16.7. The quantitative estimate of drug-likeness (QED) is 0.341. The van der Waals surface area contributed by atoms with E-state index in [9.17, 15) is 19.8 Å². The molecule has 3 heterocycles. The molecule has 3 aromatic rings. The Morgan fingerprint density at radius 3 is 1.83 bits per heavy atom. The Hall–Kier alpha value is -4.18. The number of hydrogen-bond acceptors (Lipinski definition) is 7. The van der Waals surface area contributed by atoms with Crippen LogP contribution in [0.2, 0.25) is 0 Å². The molecule has 9 heteroatoms. The van der Waals surface area contributed by atoms with Crippen LogP contribution in [0.4, 0.5) is 5.69 Å². The van der Waals surface area contributed by atoms with Gasteiger partial charge >= 0.3 is 0 Å². The normalized spacial score (nSPS) is 16.4. The van der Waals surface area contributed by atoms with Crippen LogP contribution in [0.15, 0.2) is 84.9 Å². The molecule has 246 valence electrons. The summed E-state index contributed by atoms with van der Waals surface area (Å²) in [5.41, 5.74) is 5.37. The van der Waals surface area contributed by atoms with Crippen molar-refractivity contribution in [2.75, 3.05) is 39.4 Å². The van der Waals surface area contributed by atoms with Crippen molar-refractivity contribution in [3.63, 3.8) is 0 Å². The van der Waals surface area contributed by atoms with Crippen molar-refractivity contribution in [1.29, 1.82) is 0 Å².